The highest BCUT2D eigenvalue weighted by atomic mass is 15.3. The van der Waals surface area contributed by atoms with Gasteiger partial charge in [-0.15, -0.1) is 0 Å². The predicted octanol–water partition coefficient (Wildman–Crippen LogP) is 2.79. The van der Waals surface area contributed by atoms with Crippen LogP contribution < -0.4 is 5.32 Å². The van der Waals surface area contributed by atoms with Crippen LogP contribution in [0.25, 0.3) is 0 Å². The van der Waals surface area contributed by atoms with Gasteiger partial charge in [-0.2, -0.15) is 5.10 Å². The number of rotatable bonds is 10. The van der Waals surface area contributed by atoms with E-state index in [1.54, 1.807) is 6.33 Å². The first-order chi connectivity index (χ1) is 9.35. The van der Waals surface area contributed by atoms with Crippen molar-refractivity contribution in [1.82, 2.24) is 20.1 Å². The Morgan fingerprint density at radius 1 is 1.37 bits per heavy atom. The number of aromatic nitrogens is 3. The summed E-state index contributed by atoms with van der Waals surface area (Å²) in [5.41, 5.74) is 0. The van der Waals surface area contributed by atoms with Crippen LogP contribution in [0.4, 0.5) is 0 Å². The second-order valence-corrected chi connectivity index (χ2v) is 5.69. The van der Waals surface area contributed by atoms with Crippen LogP contribution in [0.15, 0.2) is 6.33 Å². The fraction of sp³-hybridized carbons (Fsp3) is 0.867. The lowest BCUT2D eigenvalue weighted by molar-refractivity contribution is 0.420. The standard InChI is InChI=1S/C15H28N4/c1-3-10-16-14(13-8-9-13)6-5-7-15-17-12-18-19(15)11-4-2/h12-14,16H,3-11H2,1-2H3. The molecule has 1 aromatic rings. The lowest BCUT2D eigenvalue weighted by atomic mass is 10.0. The molecule has 4 heteroatoms. The van der Waals surface area contributed by atoms with Crippen molar-refractivity contribution in [2.45, 2.75) is 71.4 Å². The molecule has 0 aromatic carbocycles. The molecular formula is C15H28N4. The number of nitrogens with zero attached hydrogens (tertiary/aromatic N) is 3. The summed E-state index contributed by atoms with van der Waals surface area (Å²) in [5.74, 6) is 2.10. The van der Waals surface area contributed by atoms with E-state index in [-0.39, 0.29) is 0 Å². The van der Waals surface area contributed by atoms with Crippen LogP contribution in [0.2, 0.25) is 0 Å². The first kappa shape index (κ1) is 14.5. The van der Waals surface area contributed by atoms with Crippen LogP contribution >= 0.6 is 0 Å². The Kier molecular flexibility index (Phi) is 5.83. The highest BCUT2D eigenvalue weighted by Gasteiger charge is 2.30. The average molecular weight is 264 g/mol. The van der Waals surface area contributed by atoms with E-state index in [1.807, 2.05) is 0 Å². The lowest BCUT2D eigenvalue weighted by Crippen LogP contribution is -2.31. The molecule has 4 nitrogen and oxygen atoms in total. The Morgan fingerprint density at radius 3 is 2.89 bits per heavy atom. The van der Waals surface area contributed by atoms with Gasteiger partial charge in [0, 0.05) is 19.0 Å². The Labute approximate surface area is 117 Å². The zero-order chi connectivity index (χ0) is 13.5. The second kappa shape index (κ2) is 7.63. The van der Waals surface area contributed by atoms with Crippen molar-refractivity contribution in [2.75, 3.05) is 6.54 Å². The van der Waals surface area contributed by atoms with Crippen LogP contribution in [0.5, 0.6) is 0 Å². The first-order valence-corrected chi connectivity index (χ1v) is 7.95. The quantitative estimate of drug-likeness (QED) is 0.706. The summed E-state index contributed by atoms with van der Waals surface area (Å²) in [6.45, 7) is 6.58. The molecule has 1 saturated carbocycles. The number of hydrogen-bond donors (Lipinski definition) is 1. The molecule has 1 aliphatic carbocycles. The van der Waals surface area contributed by atoms with Crippen molar-refractivity contribution in [3.05, 3.63) is 12.2 Å². The molecule has 1 aromatic heterocycles. The van der Waals surface area contributed by atoms with Crippen LogP contribution in [0.1, 0.15) is 58.2 Å². The Bertz CT molecular complexity index is 357. The van der Waals surface area contributed by atoms with Gasteiger partial charge in [-0.1, -0.05) is 13.8 Å². The summed E-state index contributed by atoms with van der Waals surface area (Å²) in [7, 11) is 0. The van der Waals surface area contributed by atoms with E-state index in [1.165, 1.54) is 32.1 Å². The number of hydrogen-bond acceptors (Lipinski definition) is 3. The van der Waals surface area contributed by atoms with Crippen molar-refractivity contribution in [3.63, 3.8) is 0 Å². The van der Waals surface area contributed by atoms with Crippen molar-refractivity contribution < 1.29 is 0 Å². The minimum Gasteiger partial charge on any atom is -0.314 e. The van der Waals surface area contributed by atoms with Gasteiger partial charge in [-0.3, -0.25) is 4.68 Å². The van der Waals surface area contributed by atoms with Gasteiger partial charge in [0.25, 0.3) is 0 Å². The summed E-state index contributed by atoms with van der Waals surface area (Å²) in [6, 6.07) is 0.738. The van der Waals surface area contributed by atoms with Crippen LogP contribution in [0.3, 0.4) is 0 Å². The molecule has 1 atom stereocenters. The van der Waals surface area contributed by atoms with Gasteiger partial charge in [0.2, 0.25) is 0 Å². The zero-order valence-corrected chi connectivity index (χ0v) is 12.4. The van der Waals surface area contributed by atoms with E-state index < -0.39 is 0 Å². The average Bonchev–Trinajstić information content (AvgIpc) is 3.16. The molecule has 1 fully saturated rings. The molecule has 1 unspecified atom stereocenters. The van der Waals surface area contributed by atoms with E-state index in [2.05, 4.69) is 33.9 Å². The molecule has 1 heterocycles. The Balaban J connectivity index is 1.73. The molecule has 1 aliphatic rings. The molecule has 108 valence electrons. The van der Waals surface area contributed by atoms with Crippen LogP contribution in [-0.4, -0.2) is 27.4 Å². The minimum absolute atomic E-state index is 0.738. The van der Waals surface area contributed by atoms with Crippen molar-refractivity contribution in [2.24, 2.45) is 5.92 Å². The third-order valence-electron chi connectivity index (χ3n) is 3.89. The Hall–Kier alpha value is -0.900. The SMILES string of the molecule is CCCNC(CCCc1ncnn1CCC)C1CC1. The smallest absolute Gasteiger partial charge is 0.138 e. The summed E-state index contributed by atoms with van der Waals surface area (Å²) < 4.78 is 2.06. The van der Waals surface area contributed by atoms with Gasteiger partial charge in [-0.05, 0) is 51.0 Å². The summed E-state index contributed by atoms with van der Waals surface area (Å²) >= 11 is 0. The lowest BCUT2D eigenvalue weighted by Gasteiger charge is -2.17. The topological polar surface area (TPSA) is 42.7 Å². The zero-order valence-electron chi connectivity index (χ0n) is 12.4. The van der Waals surface area contributed by atoms with Crippen LogP contribution in [-0.2, 0) is 13.0 Å². The molecule has 0 radical (unpaired) electrons. The third kappa shape index (κ3) is 4.60. The van der Waals surface area contributed by atoms with Crippen molar-refractivity contribution in [1.29, 1.82) is 0 Å². The van der Waals surface area contributed by atoms with E-state index in [4.69, 9.17) is 0 Å². The molecule has 0 spiro atoms. The van der Waals surface area contributed by atoms with E-state index in [9.17, 15) is 0 Å². The predicted molar refractivity (Wildman–Crippen MR) is 78.1 cm³/mol. The van der Waals surface area contributed by atoms with Crippen molar-refractivity contribution in [3.8, 4) is 0 Å². The maximum Gasteiger partial charge on any atom is 0.138 e. The summed E-state index contributed by atoms with van der Waals surface area (Å²) in [4.78, 5) is 4.39. The molecule has 2 rings (SSSR count). The normalized spacial score (nSPS) is 16.7. The van der Waals surface area contributed by atoms with E-state index >= 15 is 0 Å². The van der Waals surface area contributed by atoms with Gasteiger partial charge in [-0.25, -0.2) is 4.98 Å². The summed E-state index contributed by atoms with van der Waals surface area (Å²) in [5, 5.41) is 8.00. The molecule has 1 N–H and O–H groups in total. The largest absolute Gasteiger partial charge is 0.314 e. The second-order valence-electron chi connectivity index (χ2n) is 5.69. The summed E-state index contributed by atoms with van der Waals surface area (Å²) in [6.07, 6.45) is 10.5. The van der Waals surface area contributed by atoms with Gasteiger partial charge < -0.3 is 5.32 Å². The first-order valence-electron chi connectivity index (χ1n) is 7.95. The van der Waals surface area contributed by atoms with E-state index in [0.29, 0.717) is 0 Å². The van der Waals surface area contributed by atoms with E-state index in [0.717, 1.165) is 43.7 Å². The maximum atomic E-state index is 4.39. The fourth-order valence-electron chi connectivity index (χ4n) is 2.69. The fourth-order valence-corrected chi connectivity index (χ4v) is 2.69. The number of nitrogens with one attached hydrogen (secondary N) is 1. The highest BCUT2D eigenvalue weighted by Crippen LogP contribution is 2.34. The monoisotopic (exact) mass is 264 g/mol. The molecule has 0 bridgehead atoms. The van der Waals surface area contributed by atoms with Crippen molar-refractivity contribution >= 4 is 0 Å². The molecule has 19 heavy (non-hydrogen) atoms. The van der Waals surface area contributed by atoms with Gasteiger partial charge in [0.15, 0.2) is 0 Å². The van der Waals surface area contributed by atoms with Gasteiger partial charge in [0.1, 0.15) is 12.2 Å². The third-order valence-corrected chi connectivity index (χ3v) is 3.89. The molecule has 0 saturated heterocycles. The molecule has 0 aliphatic heterocycles. The number of aryl methyl sites for hydroxylation is 2. The minimum atomic E-state index is 0.738. The Morgan fingerprint density at radius 2 is 2.21 bits per heavy atom. The van der Waals surface area contributed by atoms with Gasteiger partial charge in [0.05, 0.1) is 0 Å². The van der Waals surface area contributed by atoms with Crippen LogP contribution in [0, 0.1) is 5.92 Å². The van der Waals surface area contributed by atoms with Gasteiger partial charge >= 0.3 is 0 Å². The maximum absolute atomic E-state index is 4.39. The molecule has 0 amide bonds. The molecular weight excluding hydrogens is 236 g/mol. The highest BCUT2D eigenvalue weighted by molar-refractivity contribution is 4.89.